The lowest BCUT2D eigenvalue weighted by molar-refractivity contribution is 1.62. The van der Waals surface area contributed by atoms with E-state index in [4.69, 9.17) is 0 Å². The van der Waals surface area contributed by atoms with Crippen LogP contribution in [0.25, 0.3) is 33.4 Å². The molecule has 0 bridgehead atoms. The molecule has 2 aliphatic carbocycles. The molecule has 0 nitrogen and oxygen atoms in total. The molecule has 0 unspecified atom stereocenters. The smallest absolute Gasteiger partial charge is 0.129 e. The summed E-state index contributed by atoms with van der Waals surface area (Å²) in [6.07, 6.45) is 6.76. The molecule has 2 aromatic carbocycles. The molecule has 5 rings (SSSR count). The van der Waals surface area contributed by atoms with E-state index in [1.807, 2.05) is 11.3 Å². The zero-order chi connectivity index (χ0) is 22.0. The minimum Gasteiger partial charge on any atom is -0.186 e. The monoisotopic (exact) mass is 454 g/mol. The third-order valence-corrected chi connectivity index (χ3v) is 8.15. The van der Waals surface area contributed by atoms with Crippen LogP contribution < -0.4 is 9.06 Å². The summed E-state index contributed by atoms with van der Waals surface area (Å²) in [5, 5.41) is 3.56. The van der Waals surface area contributed by atoms with Gasteiger partial charge in [0.2, 0.25) is 0 Å². The fraction of sp³-hybridized carbons (Fsp3) is 0.214. The number of hydrogen-bond donors (Lipinski definition) is 0. The van der Waals surface area contributed by atoms with E-state index in [1.54, 1.807) is 0 Å². The molecular formula is C28H26S2Si. The zero-order valence-electron chi connectivity index (χ0n) is 18.9. The Kier molecular flexibility index (Phi) is 4.65. The SMILES string of the molecule is C[Si](C)(C)C#CC1=c2sc3c(c2-c2ccccc21)-c1ccccc1C=3C#CS(C)(C)C. The normalized spacial score (nSPS) is 14.0. The minimum absolute atomic E-state index is 0.896. The van der Waals surface area contributed by atoms with E-state index in [9.17, 15) is 0 Å². The van der Waals surface area contributed by atoms with Crippen LogP contribution in [0.3, 0.4) is 0 Å². The van der Waals surface area contributed by atoms with Crippen LogP contribution in [-0.4, -0.2) is 26.8 Å². The first-order chi connectivity index (χ1) is 14.6. The molecule has 0 spiro atoms. The molecule has 0 radical (unpaired) electrons. The standard InChI is InChI=1S/C28H26S2Si/c1-30(2,3)17-15-23-19-11-7-9-13-21(19)25-26-22-14-10-8-12-20(22)24(16-18-31(4,5)6)28(26)29-27(23)25/h7-14H,1-6H3. The van der Waals surface area contributed by atoms with Crippen molar-refractivity contribution in [3.63, 3.8) is 0 Å². The Balaban J connectivity index is 1.91. The average molecular weight is 455 g/mol. The van der Waals surface area contributed by atoms with Crippen LogP contribution in [0.15, 0.2) is 48.5 Å². The summed E-state index contributed by atoms with van der Waals surface area (Å²) in [6, 6.07) is 17.5. The molecule has 0 N–H and O–H groups in total. The third-order valence-electron chi connectivity index (χ3n) is 5.34. The van der Waals surface area contributed by atoms with Gasteiger partial charge in [0.25, 0.3) is 0 Å². The van der Waals surface area contributed by atoms with Gasteiger partial charge in [0.05, 0.1) is 14.6 Å². The molecule has 0 amide bonds. The number of thiophene rings is 1. The Morgan fingerprint density at radius 2 is 1.13 bits per heavy atom. The summed E-state index contributed by atoms with van der Waals surface area (Å²) in [5.41, 5.74) is 13.9. The lowest BCUT2D eigenvalue weighted by atomic mass is 9.97. The van der Waals surface area contributed by atoms with Crippen LogP contribution in [0, 0.1) is 22.6 Å². The van der Waals surface area contributed by atoms with Gasteiger partial charge in [-0.05, 0) is 46.3 Å². The summed E-state index contributed by atoms with van der Waals surface area (Å²) >= 11 is 1.89. The van der Waals surface area contributed by atoms with Gasteiger partial charge < -0.3 is 0 Å². The molecule has 2 aliphatic rings. The van der Waals surface area contributed by atoms with E-state index in [1.165, 1.54) is 53.6 Å². The quantitative estimate of drug-likeness (QED) is 0.304. The number of fused-ring (bicyclic) bond motifs is 7. The average Bonchev–Trinajstić information content (AvgIpc) is 3.29. The molecular weight excluding hydrogens is 429 g/mol. The lowest BCUT2D eigenvalue weighted by Crippen LogP contribution is -2.16. The second kappa shape index (κ2) is 7.04. The molecule has 31 heavy (non-hydrogen) atoms. The maximum Gasteiger partial charge on any atom is 0.129 e. The minimum atomic E-state index is -1.48. The molecule has 0 aliphatic heterocycles. The molecule has 0 saturated heterocycles. The van der Waals surface area contributed by atoms with E-state index in [0.29, 0.717) is 0 Å². The Morgan fingerprint density at radius 1 is 0.677 bits per heavy atom. The summed E-state index contributed by atoms with van der Waals surface area (Å²) < 4.78 is 2.65. The van der Waals surface area contributed by atoms with Gasteiger partial charge in [-0.1, -0.05) is 80.0 Å². The first-order valence-corrected chi connectivity index (χ1v) is 17.7. The summed E-state index contributed by atoms with van der Waals surface area (Å²) in [5.74, 6) is 7.21. The van der Waals surface area contributed by atoms with Gasteiger partial charge in [0, 0.05) is 16.7 Å². The maximum absolute atomic E-state index is 3.62. The molecule has 0 atom stereocenters. The van der Waals surface area contributed by atoms with Crippen LogP contribution in [0.1, 0.15) is 11.1 Å². The topological polar surface area (TPSA) is 0 Å². The van der Waals surface area contributed by atoms with Gasteiger partial charge in [-0.15, -0.1) is 16.9 Å². The second-order valence-corrected chi connectivity index (χ2v) is 19.6. The van der Waals surface area contributed by atoms with Gasteiger partial charge in [0.1, 0.15) is 8.07 Å². The first-order valence-electron chi connectivity index (χ1n) is 10.5. The van der Waals surface area contributed by atoms with Crippen molar-refractivity contribution in [2.45, 2.75) is 19.6 Å². The van der Waals surface area contributed by atoms with Crippen LogP contribution in [0.5, 0.6) is 0 Å². The predicted octanol–water partition coefficient (Wildman–Crippen LogP) is 5.64. The molecule has 0 saturated carbocycles. The highest BCUT2D eigenvalue weighted by atomic mass is 32.3. The Labute approximate surface area is 192 Å². The van der Waals surface area contributed by atoms with Crippen molar-refractivity contribution in [3.05, 3.63) is 68.7 Å². The molecule has 3 heteroatoms. The number of hydrogen-bond acceptors (Lipinski definition) is 1. The Bertz CT molecular complexity index is 1380. The van der Waals surface area contributed by atoms with Crippen molar-refractivity contribution < 1.29 is 0 Å². The van der Waals surface area contributed by atoms with E-state index in [2.05, 4.69) is 110 Å². The van der Waals surface area contributed by atoms with Crippen molar-refractivity contribution in [1.29, 1.82) is 0 Å². The van der Waals surface area contributed by atoms with Crippen molar-refractivity contribution in [2.75, 3.05) is 18.8 Å². The van der Waals surface area contributed by atoms with Gasteiger partial charge >= 0.3 is 0 Å². The zero-order valence-corrected chi connectivity index (χ0v) is 21.6. The van der Waals surface area contributed by atoms with Crippen molar-refractivity contribution in [2.24, 2.45) is 0 Å². The Hall–Kier alpha value is -2.43. The number of rotatable bonds is 0. The van der Waals surface area contributed by atoms with E-state index < -0.39 is 18.1 Å². The molecule has 1 aromatic heterocycles. The van der Waals surface area contributed by atoms with Crippen LogP contribution in [0.2, 0.25) is 19.6 Å². The van der Waals surface area contributed by atoms with Crippen LogP contribution in [-0.2, 0) is 0 Å². The predicted molar refractivity (Wildman–Crippen MR) is 144 cm³/mol. The van der Waals surface area contributed by atoms with Gasteiger partial charge in [-0.2, -0.15) is 10.0 Å². The largest absolute Gasteiger partial charge is 0.186 e. The highest BCUT2D eigenvalue weighted by molar-refractivity contribution is 8.36. The highest BCUT2D eigenvalue weighted by Gasteiger charge is 2.30. The second-order valence-electron chi connectivity index (χ2n) is 9.92. The summed E-state index contributed by atoms with van der Waals surface area (Å²) in [7, 11) is -2.37. The molecule has 1 heterocycles. The summed E-state index contributed by atoms with van der Waals surface area (Å²) in [4.78, 5) is 0. The van der Waals surface area contributed by atoms with Crippen molar-refractivity contribution in [1.82, 2.24) is 0 Å². The van der Waals surface area contributed by atoms with Gasteiger partial charge in [0.15, 0.2) is 0 Å². The van der Waals surface area contributed by atoms with Crippen LogP contribution in [0.4, 0.5) is 0 Å². The fourth-order valence-corrected chi connectivity index (χ4v) is 6.35. The highest BCUT2D eigenvalue weighted by Crippen LogP contribution is 2.43. The fourth-order valence-electron chi connectivity index (χ4n) is 4.08. The van der Waals surface area contributed by atoms with E-state index in [-0.39, 0.29) is 0 Å². The Morgan fingerprint density at radius 3 is 1.58 bits per heavy atom. The van der Waals surface area contributed by atoms with Gasteiger partial charge in [-0.3, -0.25) is 0 Å². The molecule has 154 valence electrons. The van der Waals surface area contributed by atoms with Crippen LogP contribution >= 0.6 is 21.4 Å². The third kappa shape index (κ3) is 3.52. The maximum atomic E-state index is 3.62. The van der Waals surface area contributed by atoms with Gasteiger partial charge in [-0.25, -0.2) is 0 Å². The summed E-state index contributed by atoms with van der Waals surface area (Å²) in [6.45, 7) is 6.93. The molecule has 3 aromatic rings. The number of benzene rings is 2. The van der Waals surface area contributed by atoms with E-state index >= 15 is 0 Å². The van der Waals surface area contributed by atoms with Crippen molar-refractivity contribution in [3.8, 4) is 44.9 Å². The van der Waals surface area contributed by atoms with E-state index in [0.717, 1.165) is 0 Å². The first kappa shape index (κ1) is 20.5. The van der Waals surface area contributed by atoms with Crippen molar-refractivity contribution >= 4 is 40.6 Å². The lowest BCUT2D eigenvalue weighted by Gasteiger charge is -2.15. The molecule has 0 fully saturated rings.